The highest BCUT2D eigenvalue weighted by Gasteiger charge is 2.19. The predicted octanol–water partition coefficient (Wildman–Crippen LogP) is 4.08. The summed E-state index contributed by atoms with van der Waals surface area (Å²) in [6, 6.07) is 0. The first-order chi connectivity index (χ1) is 7.11. The van der Waals surface area contributed by atoms with Crippen LogP contribution in [0.3, 0.4) is 0 Å². The molecule has 0 fully saturated rings. The summed E-state index contributed by atoms with van der Waals surface area (Å²) in [4.78, 5) is 11.4. The Morgan fingerprint density at radius 1 is 1.13 bits per heavy atom. The zero-order chi connectivity index (χ0) is 11.7. The van der Waals surface area contributed by atoms with Crippen LogP contribution < -0.4 is 0 Å². The molecule has 0 aliphatic carbocycles. The van der Waals surface area contributed by atoms with Crippen LogP contribution in [0.25, 0.3) is 0 Å². The van der Waals surface area contributed by atoms with Crippen molar-refractivity contribution in [2.75, 3.05) is 0 Å². The van der Waals surface area contributed by atoms with Crippen molar-refractivity contribution in [1.29, 1.82) is 0 Å². The first kappa shape index (κ1) is 15.0. The smallest absolute Gasteiger partial charge is 0.325 e. The number of unbranched alkanes of at least 4 members (excludes halogenated alkanes) is 2. The van der Waals surface area contributed by atoms with Gasteiger partial charge in [-0.25, -0.2) is 0 Å². The van der Waals surface area contributed by atoms with Gasteiger partial charge in [-0.05, 0) is 19.3 Å². The molecule has 15 heavy (non-hydrogen) atoms. The van der Waals surface area contributed by atoms with Gasteiger partial charge in [0.25, 0.3) is 0 Å². The number of hydrogen-bond donors (Lipinski definition) is 0. The molecule has 0 bridgehead atoms. The highest BCUT2D eigenvalue weighted by molar-refractivity contribution is 6.30. The summed E-state index contributed by atoms with van der Waals surface area (Å²) in [6.07, 6.45) is 5.32. The van der Waals surface area contributed by atoms with Gasteiger partial charge in [-0.2, -0.15) is 0 Å². The van der Waals surface area contributed by atoms with Crippen molar-refractivity contribution in [3.63, 3.8) is 0 Å². The lowest BCUT2D eigenvalue weighted by atomic mass is 10.2. The van der Waals surface area contributed by atoms with E-state index in [-0.39, 0.29) is 5.97 Å². The van der Waals surface area contributed by atoms with Crippen LogP contribution in [-0.2, 0) is 9.53 Å². The van der Waals surface area contributed by atoms with Gasteiger partial charge in [0.05, 0.1) is 0 Å². The Balaban J connectivity index is 3.70. The van der Waals surface area contributed by atoms with Crippen LogP contribution in [-0.4, -0.2) is 16.9 Å². The van der Waals surface area contributed by atoms with Crippen LogP contribution in [0.5, 0.6) is 0 Å². The molecule has 0 N–H and O–H groups in total. The number of carbonyl (C=O) groups is 1. The van der Waals surface area contributed by atoms with Crippen LogP contribution >= 0.6 is 23.2 Å². The molecule has 0 aromatic rings. The number of halogens is 2. The number of rotatable bonds is 8. The molecule has 0 aromatic heterocycles. The van der Waals surface area contributed by atoms with Gasteiger partial charge in [-0.3, -0.25) is 4.79 Å². The summed E-state index contributed by atoms with van der Waals surface area (Å²) >= 11 is 11.7. The maximum absolute atomic E-state index is 11.4. The Morgan fingerprint density at radius 3 is 2.20 bits per heavy atom. The summed E-state index contributed by atoms with van der Waals surface area (Å²) < 4.78 is 5.01. The molecule has 2 unspecified atom stereocenters. The minimum atomic E-state index is -0.548. The summed E-state index contributed by atoms with van der Waals surface area (Å²) in [5, 5.41) is -0.548. The molecule has 0 spiro atoms. The van der Waals surface area contributed by atoms with E-state index in [2.05, 4.69) is 13.8 Å². The number of alkyl halides is 2. The van der Waals surface area contributed by atoms with Gasteiger partial charge in [0.2, 0.25) is 0 Å². The number of hydrogen-bond acceptors (Lipinski definition) is 2. The van der Waals surface area contributed by atoms with Crippen molar-refractivity contribution < 1.29 is 9.53 Å². The average molecular weight is 255 g/mol. The second-order valence-electron chi connectivity index (χ2n) is 3.60. The Bertz CT molecular complexity index is 174. The third-order valence-electron chi connectivity index (χ3n) is 2.10. The van der Waals surface area contributed by atoms with E-state index in [1.807, 2.05) is 0 Å². The van der Waals surface area contributed by atoms with Gasteiger partial charge in [0, 0.05) is 0 Å². The van der Waals surface area contributed by atoms with Crippen molar-refractivity contribution in [2.45, 2.75) is 63.3 Å². The van der Waals surface area contributed by atoms with E-state index in [0.29, 0.717) is 12.8 Å². The molecule has 2 nitrogen and oxygen atoms in total. The molecule has 0 aromatic carbocycles. The maximum atomic E-state index is 11.4. The molecule has 0 heterocycles. The van der Waals surface area contributed by atoms with Crippen molar-refractivity contribution >= 4 is 29.2 Å². The molecule has 0 aliphatic heterocycles. The van der Waals surface area contributed by atoms with Crippen LogP contribution in [0.2, 0.25) is 0 Å². The molecule has 0 saturated carbocycles. The summed E-state index contributed by atoms with van der Waals surface area (Å²) in [7, 11) is 0. The molecule has 0 rings (SSSR count). The Hall–Kier alpha value is 0.0500. The van der Waals surface area contributed by atoms with E-state index in [0.717, 1.165) is 25.7 Å². The van der Waals surface area contributed by atoms with E-state index < -0.39 is 10.9 Å². The molecular formula is C11H20Cl2O2. The van der Waals surface area contributed by atoms with Gasteiger partial charge < -0.3 is 4.74 Å². The number of esters is 1. The largest absolute Gasteiger partial charge is 0.445 e. The normalized spacial score (nSPS) is 14.7. The van der Waals surface area contributed by atoms with Gasteiger partial charge in [-0.1, -0.05) is 44.7 Å². The van der Waals surface area contributed by atoms with E-state index in [4.69, 9.17) is 27.9 Å². The topological polar surface area (TPSA) is 26.3 Å². The van der Waals surface area contributed by atoms with Crippen LogP contribution in [0, 0.1) is 0 Å². The molecule has 0 radical (unpaired) electrons. The van der Waals surface area contributed by atoms with E-state index in [9.17, 15) is 4.79 Å². The summed E-state index contributed by atoms with van der Waals surface area (Å²) in [5.74, 6) is -0.388. The van der Waals surface area contributed by atoms with E-state index in [1.165, 1.54) is 0 Å². The molecule has 90 valence electrons. The Labute approximate surface area is 102 Å². The van der Waals surface area contributed by atoms with Gasteiger partial charge >= 0.3 is 5.97 Å². The third-order valence-corrected chi connectivity index (χ3v) is 2.80. The summed E-state index contributed by atoms with van der Waals surface area (Å²) in [6.45, 7) is 4.12. The fourth-order valence-electron chi connectivity index (χ4n) is 1.12. The predicted molar refractivity (Wildman–Crippen MR) is 64.4 cm³/mol. The zero-order valence-electron chi connectivity index (χ0n) is 9.47. The average Bonchev–Trinajstić information content (AvgIpc) is 2.22. The number of ether oxygens (including phenoxy) is 1. The minimum absolute atomic E-state index is 0.388. The van der Waals surface area contributed by atoms with Crippen molar-refractivity contribution in [3.05, 3.63) is 0 Å². The maximum Gasteiger partial charge on any atom is 0.325 e. The standard InChI is InChI=1S/C11H20Cl2O2/c1-3-5-7-9(12)11(14)15-10(13)8-6-4-2/h9-10H,3-8H2,1-2H3. The van der Waals surface area contributed by atoms with E-state index in [1.54, 1.807) is 0 Å². The molecule has 0 saturated heterocycles. The van der Waals surface area contributed by atoms with Crippen LogP contribution in [0.15, 0.2) is 0 Å². The molecule has 0 aliphatic rings. The first-order valence-electron chi connectivity index (χ1n) is 5.60. The second-order valence-corrected chi connectivity index (χ2v) is 4.61. The zero-order valence-corrected chi connectivity index (χ0v) is 11.0. The SMILES string of the molecule is CCCCC(Cl)OC(=O)C(Cl)CCCC. The third kappa shape index (κ3) is 7.92. The van der Waals surface area contributed by atoms with Gasteiger partial charge in [0.1, 0.15) is 5.38 Å². The fourth-order valence-corrected chi connectivity index (χ4v) is 1.57. The lowest BCUT2D eigenvalue weighted by molar-refractivity contribution is -0.145. The van der Waals surface area contributed by atoms with Crippen LogP contribution in [0.1, 0.15) is 52.4 Å². The number of carbonyl (C=O) groups excluding carboxylic acids is 1. The highest BCUT2D eigenvalue weighted by Crippen LogP contribution is 2.14. The fraction of sp³-hybridized carbons (Fsp3) is 0.909. The van der Waals surface area contributed by atoms with Gasteiger partial charge in [-0.15, -0.1) is 11.6 Å². The second kappa shape index (κ2) is 9.29. The minimum Gasteiger partial charge on any atom is -0.445 e. The summed E-state index contributed by atoms with van der Waals surface area (Å²) in [5.41, 5.74) is -0.527. The quantitative estimate of drug-likeness (QED) is 0.482. The van der Waals surface area contributed by atoms with Crippen molar-refractivity contribution in [1.82, 2.24) is 0 Å². The van der Waals surface area contributed by atoms with Crippen LogP contribution in [0.4, 0.5) is 0 Å². The molecular weight excluding hydrogens is 235 g/mol. The Kier molecular flexibility index (Phi) is 9.32. The molecule has 4 heteroatoms. The Morgan fingerprint density at radius 2 is 1.67 bits per heavy atom. The molecule has 0 amide bonds. The lowest BCUT2D eigenvalue weighted by Crippen LogP contribution is -2.21. The first-order valence-corrected chi connectivity index (χ1v) is 6.47. The lowest BCUT2D eigenvalue weighted by Gasteiger charge is -2.13. The van der Waals surface area contributed by atoms with Crippen molar-refractivity contribution in [3.8, 4) is 0 Å². The highest BCUT2D eigenvalue weighted by atomic mass is 35.5. The van der Waals surface area contributed by atoms with E-state index >= 15 is 0 Å². The monoisotopic (exact) mass is 254 g/mol. The molecule has 2 atom stereocenters. The van der Waals surface area contributed by atoms with Gasteiger partial charge in [0.15, 0.2) is 5.56 Å². The van der Waals surface area contributed by atoms with Crippen molar-refractivity contribution in [2.24, 2.45) is 0 Å².